The van der Waals surface area contributed by atoms with Crippen molar-refractivity contribution in [3.63, 3.8) is 0 Å². The third-order valence-corrected chi connectivity index (χ3v) is 7.89. The van der Waals surface area contributed by atoms with E-state index in [1.54, 1.807) is 0 Å². The second-order valence-corrected chi connectivity index (χ2v) is 9.82. The van der Waals surface area contributed by atoms with Crippen LogP contribution in [0.2, 0.25) is 0 Å². The fourth-order valence-corrected chi connectivity index (χ4v) is 6.53. The number of aromatic nitrogens is 1. The van der Waals surface area contributed by atoms with Crippen molar-refractivity contribution in [2.75, 3.05) is 6.67 Å². The average molecular weight is 468 g/mol. The highest BCUT2D eigenvalue weighted by molar-refractivity contribution is 9.10. The number of hydrogen-bond donors (Lipinski definition) is 0. The van der Waals surface area contributed by atoms with E-state index in [4.69, 9.17) is 4.99 Å². The van der Waals surface area contributed by atoms with Crippen LogP contribution in [0.3, 0.4) is 0 Å². The van der Waals surface area contributed by atoms with Crippen LogP contribution in [0.15, 0.2) is 87.0 Å². The van der Waals surface area contributed by atoms with Crippen molar-refractivity contribution in [2.24, 2.45) is 10.9 Å². The predicted octanol–water partition coefficient (Wildman–Crippen LogP) is 6.47. The van der Waals surface area contributed by atoms with E-state index in [1.807, 2.05) is 6.34 Å². The van der Waals surface area contributed by atoms with Gasteiger partial charge in [0.25, 0.3) is 0 Å². The number of fused-ring (bicyclic) bond motifs is 5. The van der Waals surface area contributed by atoms with Gasteiger partial charge in [-0.05, 0) is 63.9 Å². The molecule has 7 rings (SSSR count). The molecule has 0 bridgehead atoms. The monoisotopic (exact) mass is 467 g/mol. The first kappa shape index (κ1) is 17.8. The molecule has 0 radical (unpaired) electrons. The van der Waals surface area contributed by atoms with Crippen LogP contribution in [0.5, 0.6) is 0 Å². The van der Waals surface area contributed by atoms with Crippen LogP contribution in [0.25, 0.3) is 17.0 Å². The van der Waals surface area contributed by atoms with E-state index < -0.39 is 0 Å². The maximum atomic E-state index is 4.85. The van der Waals surface area contributed by atoms with E-state index in [0.717, 1.165) is 23.7 Å². The fourth-order valence-electron chi connectivity index (χ4n) is 5.97. The first-order valence-corrected chi connectivity index (χ1v) is 11.8. The molecule has 2 aliphatic carbocycles. The SMILES string of the molecule is Brc1cccc2c3c4n(c12)C=NCN1C2=CCC(Cc5ccccc5)CC2=C(C=C3)C41. The van der Waals surface area contributed by atoms with Gasteiger partial charge in [-0.25, -0.2) is 0 Å². The molecule has 4 heteroatoms. The van der Waals surface area contributed by atoms with Crippen LogP contribution >= 0.6 is 15.9 Å². The van der Waals surface area contributed by atoms with Gasteiger partial charge in [-0.2, -0.15) is 0 Å². The molecule has 2 aromatic carbocycles. The average Bonchev–Trinajstić information content (AvgIpc) is 3.20. The van der Waals surface area contributed by atoms with Gasteiger partial charge < -0.3 is 9.47 Å². The Morgan fingerprint density at radius 3 is 2.84 bits per heavy atom. The van der Waals surface area contributed by atoms with Gasteiger partial charge >= 0.3 is 0 Å². The zero-order valence-corrected chi connectivity index (χ0v) is 18.7. The number of halogens is 1. The molecule has 31 heavy (non-hydrogen) atoms. The maximum absolute atomic E-state index is 4.85. The van der Waals surface area contributed by atoms with Crippen molar-refractivity contribution in [1.29, 1.82) is 0 Å². The summed E-state index contributed by atoms with van der Waals surface area (Å²) >= 11 is 3.79. The fraction of sp³-hybridized carbons (Fsp3) is 0.222. The molecule has 0 N–H and O–H groups in total. The molecule has 0 saturated heterocycles. The third kappa shape index (κ3) is 2.48. The molecule has 3 nitrogen and oxygen atoms in total. The lowest BCUT2D eigenvalue weighted by molar-refractivity contribution is 0.316. The second kappa shape index (κ2) is 6.57. The second-order valence-electron chi connectivity index (χ2n) is 8.97. The topological polar surface area (TPSA) is 20.5 Å². The standard InChI is InChI=1S/C27H22BrN3/c28-23-8-4-7-19-20-10-11-21-22-14-18(13-17-5-2-1-3-6-17)9-12-24(22)30-15-29-16-31(25(19)23)27(20)26(21)30/h1-8,10-12,16,18,26H,9,13-15H2. The third-order valence-electron chi connectivity index (χ3n) is 7.25. The van der Waals surface area contributed by atoms with Gasteiger partial charge in [-0.3, -0.25) is 4.99 Å². The molecule has 3 heterocycles. The highest BCUT2D eigenvalue weighted by Gasteiger charge is 2.43. The van der Waals surface area contributed by atoms with Crippen LogP contribution < -0.4 is 0 Å². The largest absolute Gasteiger partial charge is 0.339 e. The number of para-hydroxylation sites is 1. The first-order valence-electron chi connectivity index (χ1n) is 11.0. The Labute approximate surface area is 190 Å². The quantitative estimate of drug-likeness (QED) is 0.422. The van der Waals surface area contributed by atoms with Gasteiger partial charge in [0.1, 0.15) is 6.67 Å². The maximum Gasteiger partial charge on any atom is 0.112 e. The summed E-state index contributed by atoms with van der Waals surface area (Å²) in [6.07, 6.45) is 12.7. The lowest BCUT2D eigenvalue weighted by Crippen LogP contribution is -2.26. The summed E-state index contributed by atoms with van der Waals surface area (Å²) in [5, 5.41) is 1.30. The molecule has 2 aliphatic heterocycles. The van der Waals surface area contributed by atoms with Crippen molar-refractivity contribution in [3.05, 3.63) is 98.8 Å². The van der Waals surface area contributed by atoms with Gasteiger partial charge in [0.15, 0.2) is 0 Å². The summed E-state index contributed by atoms with van der Waals surface area (Å²) in [6.45, 7) is 0.716. The Bertz CT molecular complexity index is 1360. The van der Waals surface area contributed by atoms with Gasteiger partial charge in [0.2, 0.25) is 0 Å². The summed E-state index contributed by atoms with van der Waals surface area (Å²) in [4.78, 5) is 7.37. The van der Waals surface area contributed by atoms with Gasteiger partial charge in [0, 0.05) is 21.1 Å². The van der Waals surface area contributed by atoms with Gasteiger partial charge in [-0.1, -0.05) is 60.7 Å². The minimum Gasteiger partial charge on any atom is -0.339 e. The summed E-state index contributed by atoms with van der Waals surface area (Å²) in [7, 11) is 0. The Kier molecular flexibility index (Phi) is 3.77. The van der Waals surface area contributed by atoms with Crippen LogP contribution in [-0.2, 0) is 6.42 Å². The van der Waals surface area contributed by atoms with E-state index in [1.165, 1.54) is 44.6 Å². The summed E-state index contributed by atoms with van der Waals surface area (Å²) in [6, 6.07) is 17.7. The van der Waals surface area contributed by atoms with E-state index >= 15 is 0 Å². The van der Waals surface area contributed by atoms with Crippen molar-refractivity contribution in [1.82, 2.24) is 9.47 Å². The Balaban J connectivity index is 1.37. The van der Waals surface area contributed by atoms with E-state index in [9.17, 15) is 0 Å². The molecule has 2 atom stereocenters. The van der Waals surface area contributed by atoms with Crippen LogP contribution in [-0.4, -0.2) is 22.5 Å². The molecular formula is C27H22BrN3. The molecule has 2 unspecified atom stereocenters. The normalized spacial score (nSPS) is 23.1. The summed E-state index contributed by atoms with van der Waals surface area (Å²) in [5.41, 5.74) is 9.79. The molecular weight excluding hydrogens is 446 g/mol. The highest BCUT2D eigenvalue weighted by atomic mass is 79.9. The number of benzene rings is 2. The summed E-state index contributed by atoms with van der Waals surface area (Å²) in [5.74, 6) is 0.662. The van der Waals surface area contributed by atoms with Crippen molar-refractivity contribution >= 4 is 39.2 Å². The Morgan fingerprint density at radius 2 is 1.94 bits per heavy atom. The molecule has 4 aliphatic rings. The van der Waals surface area contributed by atoms with Crippen LogP contribution in [0, 0.1) is 5.92 Å². The number of aliphatic imine (C=N–C) groups is 1. The highest BCUT2D eigenvalue weighted by Crippen LogP contribution is 2.53. The van der Waals surface area contributed by atoms with E-state index in [-0.39, 0.29) is 6.04 Å². The number of hydrogen-bond acceptors (Lipinski definition) is 2. The zero-order valence-electron chi connectivity index (χ0n) is 17.1. The van der Waals surface area contributed by atoms with Crippen molar-refractivity contribution in [2.45, 2.75) is 25.3 Å². The van der Waals surface area contributed by atoms with E-state index in [2.05, 4.69) is 92.2 Å². The smallest absolute Gasteiger partial charge is 0.112 e. The van der Waals surface area contributed by atoms with Gasteiger partial charge in [0.05, 0.1) is 23.6 Å². The predicted molar refractivity (Wildman–Crippen MR) is 130 cm³/mol. The zero-order chi connectivity index (χ0) is 20.5. The van der Waals surface area contributed by atoms with E-state index in [0.29, 0.717) is 12.6 Å². The Hall–Kier alpha value is -2.85. The number of nitrogens with zero attached hydrogens (tertiary/aromatic N) is 3. The van der Waals surface area contributed by atoms with Crippen LogP contribution in [0.1, 0.15) is 35.7 Å². The molecule has 0 fully saturated rings. The lowest BCUT2D eigenvalue weighted by Gasteiger charge is -2.30. The molecule has 1 aromatic heterocycles. The molecule has 3 aromatic rings. The number of allylic oxidation sites excluding steroid dienone is 2. The van der Waals surface area contributed by atoms with Crippen molar-refractivity contribution in [3.8, 4) is 0 Å². The molecule has 0 amide bonds. The van der Waals surface area contributed by atoms with Crippen LogP contribution in [0.4, 0.5) is 0 Å². The van der Waals surface area contributed by atoms with Gasteiger partial charge in [-0.15, -0.1) is 0 Å². The summed E-state index contributed by atoms with van der Waals surface area (Å²) < 4.78 is 3.45. The minimum atomic E-state index is 0.263. The molecule has 152 valence electrons. The minimum absolute atomic E-state index is 0.263. The molecule has 0 spiro atoms. The first-order chi connectivity index (χ1) is 15.3. The molecule has 0 saturated carbocycles. The van der Waals surface area contributed by atoms with Crippen molar-refractivity contribution < 1.29 is 0 Å². The lowest BCUT2D eigenvalue weighted by atomic mass is 9.82. The number of rotatable bonds is 2. The Morgan fingerprint density at radius 1 is 1.03 bits per heavy atom.